The van der Waals surface area contributed by atoms with Crippen LogP contribution in [0.15, 0.2) is 12.5 Å². The average Bonchev–Trinajstić information content (AvgIpc) is 2.75. The zero-order valence-electron chi connectivity index (χ0n) is 10.4. The minimum absolute atomic E-state index is 0.0125. The second kappa shape index (κ2) is 5.20. The van der Waals surface area contributed by atoms with Gasteiger partial charge in [0.05, 0.1) is 12.7 Å². The van der Waals surface area contributed by atoms with Crippen LogP contribution in [0.2, 0.25) is 0 Å². The summed E-state index contributed by atoms with van der Waals surface area (Å²) in [6.07, 6.45) is 5.90. The second-order valence-electron chi connectivity index (χ2n) is 4.67. The van der Waals surface area contributed by atoms with E-state index in [0.29, 0.717) is 12.2 Å². The lowest BCUT2D eigenvalue weighted by Crippen LogP contribution is -2.44. The van der Waals surface area contributed by atoms with Crippen LogP contribution in [0.4, 0.5) is 0 Å². The van der Waals surface area contributed by atoms with Crippen LogP contribution in [0.25, 0.3) is 0 Å². The third-order valence-corrected chi connectivity index (χ3v) is 3.22. The van der Waals surface area contributed by atoms with Crippen LogP contribution in [0.1, 0.15) is 36.2 Å². The largest absolute Gasteiger partial charge is 0.481 e. The number of aliphatic carboxylic acids is 1. The number of carboxylic acids is 1. The normalized spacial score (nSPS) is 19.8. The Morgan fingerprint density at radius 3 is 2.89 bits per heavy atom. The van der Waals surface area contributed by atoms with Crippen LogP contribution in [-0.4, -0.2) is 44.0 Å². The number of likely N-dealkylation sites (tertiary alicyclic amines) is 1. The number of carbonyl (C=O) groups excluding carboxylic acids is 1. The Balaban J connectivity index is 2.13. The van der Waals surface area contributed by atoms with Gasteiger partial charge < -0.3 is 14.6 Å². The second-order valence-corrected chi connectivity index (χ2v) is 4.67. The molecule has 1 saturated heterocycles. The van der Waals surface area contributed by atoms with E-state index in [-0.39, 0.29) is 18.4 Å². The van der Waals surface area contributed by atoms with Gasteiger partial charge in [-0.2, -0.15) is 0 Å². The van der Waals surface area contributed by atoms with Crippen molar-refractivity contribution in [2.24, 2.45) is 7.05 Å². The minimum Gasteiger partial charge on any atom is -0.481 e. The van der Waals surface area contributed by atoms with Gasteiger partial charge in [0.15, 0.2) is 0 Å². The zero-order valence-corrected chi connectivity index (χ0v) is 10.4. The molecule has 6 heteroatoms. The summed E-state index contributed by atoms with van der Waals surface area (Å²) < 4.78 is 1.71. The molecule has 1 atom stereocenters. The van der Waals surface area contributed by atoms with Crippen LogP contribution in [0.3, 0.4) is 0 Å². The first-order valence-corrected chi connectivity index (χ1v) is 6.08. The molecule has 0 aromatic carbocycles. The van der Waals surface area contributed by atoms with Crippen molar-refractivity contribution >= 4 is 11.9 Å². The monoisotopic (exact) mass is 251 g/mol. The topological polar surface area (TPSA) is 75.4 Å². The average molecular weight is 251 g/mol. The molecule has 1 aliphatic rings. The van der Waals surface area contributed by atoms with Crippen molar-refractivity contribution in [1.29, 1.82) is 0 Å². The fraction of sp³-hybridized carbons (Fsp3) is 0.583. The van der Waals surface area contributed by atoms with Crippen LogP contribution in [0, 0.1) is 0 Å². The molecule has 0 spiro atoms. The molecule has 2 rings (SSSR count). The molecule has 1 amide bonds. The first-order chi connectivity index (χ1) is 8.58. The molecule has 0 aliphatic carbocycles. The molecular weight excluding hydrogens is 234 g/mol. The van der Waals surface area contributed by atoms with E-state index in [9.17, 15) is 9.59 Å². The van der Waals surface area contributed by atoms with Crippen LogP contribution in [0.5, 0.6) is 0 Å². The van der Waals surface area contributed by atoms with E-state index in [2.05, 4.69) is 4.98 Å². The van der Waals surface area contributed by atoms with Gasteiger partial charge in [-0.1, -0.05) is 0 Å². The van der Waals surface area contributed by atoms with Gasteiger partial charge in [-0.25, -0.2) is 4.98 Å². The van der Waals surface area contributed by atoms with Crippen molar-refractivity contribution in [3.05, 3.63) is 18.2 Å². The Labute approximate surface area is 105 Å². The lowest BCUT2D eigenvalue weighted by atomic mass is 9.99. The van der Waals surface area contributed by atoms with Gasteiger partial charge in [0.25, 0.3) is 5.91 Å². The van der Waals surface area contributed by atoms with Crippen molar-refractivity contribution in [2.45, 2.75) is 31.7 Å². The van der Waals surface area contributed by atoms with E-state index in [4.69, 9.17) is 5.11 Å². The first kappa shape index (κ1) is 12.6. The number of piperidine rings is 1. The van der Waals surface area contributed by atoms with Gasteiger partial charge in [-0.3, -0.25) is 9.59 Å². The van der Waals surface area contributed by atoms with E-state index in [1.165, 1.54) is 0 Å². The van der Waals surface area contributed by atoms with Crippen molar-refractivity contribution < 1.29 is 14.7 Å². The van der Waals surface area contributed by atoms with Crippen LogP contribution >= 0.6 is 0 Å². The molecule has 1 aliphatic heterocycles. The molecule has 98 valence electrons. The Morgan fingerprint density at radius 1 is 1.50 bits per heavy atom. The maximum absolute atomic E-state index is 12.3. The number of aryl methyl sites for hydroxylation is 1. The first-order valence-electron chi connectivity index (χ1n) is 6.08. The summed E-state index contributed by atoms with van der Waals surface area (Å²) in [5, 5.41) is 8.88. The summed E-state index contributed by atoms with van der Waals surface area (Å²) >= 11 is 0. The minimum atomic E-state index is -0.860. The number of imidazole rings is 1. The number of hydrogen-bond acceptors (Lipinski definition) is 3. The predicted octanol–water partition coefficient (Wildman–Crippen LogP) is 0.890. The number of carboxylic acid groups (broad SMARTS) is 1. The van der Waals surface area contributed by atoms with Crippen molar-refractivity contribution in [3.8, 4) is 0 Å². The zero-order chi connectivity index (χ0) is 13.1. The van der Waals surface area contributed by atoms with Gasteiger partial charge in [0, 0.05) is 25.8 Å². The summed E-state index contributed by atoms with van der Waals surface area (Å²) in [7, 11) is 1.80. The molecule has 0 saturated carbocycles. The quantitative estimate of drug-likeness (QED) is 0.865. The van der Waals surface area contributed by atoms with Crippen molar-refractivity contribution in [1.82, 2.24) is 14.5 Å². The lowest BCUT2D eigenvalue weighted by Gasteiger charge is -2.34. The molecule has 6 nitrogen and oxygen atoms in total. The molecular formula is C12H17N3O3. The third kappa shape index (κ3) is 2.69. The fourth-order valence-electron chi connectivity index (χ4n) is 2.35. The summed E-state index contributed by atoms with van der Waals surface area (Å²) in [4.78, 5) is 28.8. The van der Waals surface area contributed by atoms with E-state index >= 15 is 0 Å². The maximum Gasteiger partial charge on any atom is 0.305 e. The maximum atomic E-state index is 12.3. The highest BCUT2D eigenvalue weighted by atomic mass is 16.4. The summed E-state index contributed by atoms with van der Waals surface area (Å²) in [5.41, 5.74) is 0.384. The van der Waals surface area contributed by atoms with E-state index in [1.807, 2.05) is 0 Å². The molecule has 0 bridgehead atoms. The standard InChI is InChI=1S/C12H17N3O3/c1-14-7-10(13-8-14)12(18)15-5-3-2-4-9(15)6-11(16)17/h7-9H,2-6H2,1H3,(H,16,17)/t9-/m0/s1. The van der Waals surface area contributed by atoms with Gasteiger partial charge >= 0.3 is 5.97 Å². The van der Waals surface area contributed by atoms with E-state index in [0.717, 1.165) is 19.3 Å². The molecule has 1 fully saturated rings. The van der Waals surface area contributed by atoms with Crippen LogP contribution in [-0.2, 0) is 11.8 Å². The highest BCUT2D eigenvalue weighted by molar-refractivity contribution is 5.92. The predicted molar refractivity (Wildman–Crippen MR) is 64.1 cm³/mol. The Kier molecular flexibility index (Phi) is 3.64. The molecule has 1 N–H and O–H groups in total. The van der Waals surface area contributed by atoms with Crippen molar-refractivity contribution in [3.63, 3.8) is 0 Å². The van der Waals surface area contributed by atoms with Gasteiger partial charge in [0.2, 0.25) is 0 Å². The van der Waals surface area contributed by atoms with Crippen LogP contribution < -0.4 is 0 Å². The third-order valence-electron chi connectivity index (χ3n) is 3.22. The molecule has 1 aromatic heterocycles. The van der Waals surface area contributed by atoms with E-state index < -0.39 is 5.97 Å². The molecule has 1 aromatic rings. The number of carbonyl (C=O) groups is 2. The van der Waals surface area contributed by atoms with Gasteiger partial charge in [0.1, 0.15) is 5.69 Å². The fourth-order valence-corrected chi connectivity index (χ4v) is 2.35. The lowest BCUT2D eigenvalue weighted by molar-refractivity contribution is -0.138. The Bertz CT molecular complexity index is 455. The number of rotatable bonds is 3. The summed E-state index contributed by atoms with van der Waals surface area (Å²) in [6.45, 7) is 0.618. The molecule has 2 heterocycles. The molecule has 0 unspecified atom stereocenters. The summed E-state index contributed by atoms with van der Waals surface area (Å²) in [5.74, 6) is -1.03. The smallest absolute Gasteiger partial charge is 0.305 e. The number of aromatic nitrogens is 2. The number of nitrogens with zero attached hydrogens (tertiary/aromatic N) is 3. The van der Waals surface area contributed by atoms with E-state index in [1.54, 1.807) is 29.0 Å². The highest BCUT2D eigenvalue weighted by Crippen LogP contribution is 2.21. The highest BCUT2D eigenvalue weighted by Gasteiger charge is 2.29. The van der Waals surface area contributed by atoms with Crippen molar-refractivity contribution in [2.75, 3.05) is 6.54 Å². The summed E-state index contributed by atoms with van der Waals surface area (Å²) in [6, 6.07) is -0.203. The van der Waals surface area contributed by atoms with Gasteiger partial charge in [-0.15, -0.1) is 0 Å². The number of hydrogen-bond donors (Lipinski definition) is 1. The molecule has 0 radical (unpaired) electrons. The number of amides is 1. The molecule has 18 heavy (non-hydrogen) atoms. The van der Waals surface area contributed by atoms with Gasteiger partial charge in [-0.05, 0) is 19.3 Å². The SMILES string of the molecule is Cn1cnc(C(=O)N2CCCC[C@H]2CC(=O)O)c1. The Hall–Kier alpha value is -1.85. The Morgan fingerprint density at radius 2 is 2.28 bits per heavy atom.